The summed E-state index contributed by atoms with van der Waals surface area (Å²) in [5.41, 5.74) is 2.50. The van der Waals surface area contributed by atoms with Crippen molar-refractivity contribution in [1.82, 2.24) is 9.55 Å². The molecule has 0 aliphatic carbocycles. The third-order valence-electron chi connectivity index (χ3n) is 2.69. The number of fused-ring (bicyclic) bond motifs is 1. The van der Waals surface area contributed by atoms with Crippen LogP contribution in [0.25, 0.3) is 11.0 Å². The van der Waals surface area contributed by atoms with Crippen molar-refractivity contribution in [1.29, 1.82) is 0 Å². The van der Waals surface area contributed by atoms with Gasteiger partial charge in [-0.1, -0.05) is 12.1 Å². The van der Waals surface area contributed by atoms with Gasteiger partial charge < -0.3 is 4.57 Å². The predicted octanol–water partition coefficient (Wildman–Crippen LogP) is 3.39. The van der Waals surface area contributed by atoms with Crippen LogP contribution in [0.3, 0.4) is 0 Å². The highest BCUT2D eigenvalue weighted by Gasteiger charge is 2.15. The maximum absolute atomic E-state index is 12.6. The molecule has 92 valence electrons. The van der Waals surface area contributed by atoms with E-state index in [-0.39, 0.29) is 6.54 Å². The normalized spacial score (nSPS) is 11.6. The van der Waals surface area contributed by atoms with Crippen LogP contribution < -0.4 is 0 Å². The second-order valence-corrected chi connectivity index (χ2v) is 4.29. The molecule has 1 aromatic carbocycles. The average molecular weight is 259 g/mol. The first-order chi connectivity index (χ1) is 8.13. The number of benzene rings is 1. The zero-order valence-corrected chi connectivity index (χ0v) is 10.2. The standard InChI is InChI=1S/C12H13ClF2N2/c1-8-3-2-4-9-12(8)17(7-10(14)15)11(16-9)5-6-13/h2-4,10H,5-7H2,1H3. The van der Waals surface area contributed by atoms with Crippen LogP contribution in [-0.2, 0) is 13.0 Å². The molecule has 1 heterocycles. The molecule has 0 atom stereocenters. The van der Waals surface area contributed by atoms with Crippen molar-refractivity contribution in [2.24, 2.45) is 0 Å². The van der Waals surface area contributed by atoms with Crippen LogP contribution >= 0.6 is 11.6 Å². The number of aromatic nitrogens is 2. The summed E-state index contributed by atoms with van der Waals surface area (Å²) in [5.74, 6) is 1.01. The molecule has 2 aromatic rings. The lowest BCUT2D eigenvalue weighted by Crippen LogP contribution is -2.11. The summed E-state index contributed by atoms with van der Waals surface area (Å²) in [6.07, 6.45) is -1.89. The Kier molecular flexibility index (Phi) is 3.62. The quantitative estimate of drug-likeness (QED) is 0.769. The molecule has 0 aliphatic heterocycles. The van der Waals surface area contributed by atoms with Crippen molar-refractivity contribution in [3.8, 4) is 0 Å². The molecule has 0 spiro atoms. The van der Waals surface area contributed by atoms with E-state index in [1.165, 1.54) is 0 Å². The van der Waals surface area contributed by atoms with Gasteiger partial charge in [0.25, 0.3) is 6.43 Å². The van der Waals surface area contributed by atoms with Crippen molar-refractivity contribution in [3.05, 3.63) is 29.6 Å². The van der Waals surface area contributed by atoms with Crippen molar-refractivity contribution in [2.45, 2.75) is 26.3 Å². The van der Waals surface area contributed by atoms with Gasteiger partial charge in [-0.2, -0.15) is 0 Å². The van der Waals surface area contributed by atoms with Crippen molar-refractivity contribution in [2.75, 3.05) is 5.88 Å². The van der Waals surface area contributed by atoms with Gasteiger partial charge in [-0.05, 0) is 18.6 Å². The second-order valence-electron chi connectivity index (χ2n) is 3.91. The summed E-state index contributed by atoms with van der Waals surface area (Å²) < 4.78 is 26.8. The van der Waals surface area contributed by atoms with E-state index in [1.54, 1.807) is 4.57 Å². The third kappa shape index (κ3) is 2.41. The Hall–Kier alpha value is -1.16. The highest BCUT2D eigenvalue weighted by molar-refractivity contribution is 6.17. The van der Waals surface area contributed by atoms with Gasteiger partial charge in [0.05, 0.1) is 17.6 Å². The molecule has 0 radical (unpaired) electrons. The first kappa shape index (κ1) is 12.3. The van der Waals surface area contributed by atoms with Crippen LogP contribution in [0.2, 0.25) is 0 Å². The van der Waals surface area contributed by atoms with E-state index in [0.29, 0.717) is 18.1 Å². The number of para-hydroxylation sites is 1. The molecule has 2 nitrogen and oxygen atoms in total. The third-order valence-corrected chi connectivity index (χ3v) is 2.88. The number of rotatable bonds is 4. The summed E-state index contributed by atoms with van der Waals surface area (Å²) in [6.45, 7) is 1.57. The van der Waals surface area contributed by atoms with Gasteiger partial charge in [0.2, 0.25) is 0 Å². The Morgan fingerprint density at radius 3 is 2.82 bits per heavy atom. The smallest absolute Gasteiger partial charge is 0.256 e. The molecule has 0 bridgehead atoms. The minimum atomic E-state index is -2.39. The van der Waals surface area contributed by atoms with E-state index in [9.17, 15) is 8.78 Å². The topological polar surface area (TPSA) is 17.8 Å². The number of halogens is 3. The molecule has 0 fully saturated rings. The summed E-state index contributed by atoms with van der Waals surface area (Å²) in [5, 5.41) is 0. The minimum Gasteiger partial charge on any atom is -0.322 e. The Morgan fingerprint density at radius 1 is 1.41 bits per heavy atom. The lowest BCUT2D eigenvalue weighted by atomic mass is 10.2. The van der Waals surface area contributed by atoms with Crippen LogP contribution in [0.5, 0.6) is 0 Å². The first-order valence-electron chi connectivity index (χ1n) is 5.42. The number of aryl methyl sites for hydroxylation is 2. The van der Waals surface area contributed by atoms with E-state index in [0.717, 1.165) is 16.6 Å². The molecule has 5 heteroatoms. The molecule has 0 unspecified atom stereocenters. The summed E-state index contributed by atoms with van der Waals surface area (Å²) in [7, 11) is 0. The molecule has 0 saturated carbocycles. The SMILES string of the molecule is Cc1cccc2nc(CCCl)n(CC(F)F)c12. The molecule has 0 N–H and O–H groups in total. The molecular formula is C12H13ClF2N2. The molecule has 0 aliphatic rings. The summed E-state index contributed by atoms with van der Waals surface area (Å²) in [6, 6.07) is 5.61. The van der Waals surface area contributed by atoms with Crippen LogP contribution in [0.1, 0.15) is 11.4 Å². The maximum Gasteiger partial charge on any atom is 0.256 e. The van der Waals surface area contributed by atoms with E-state index in [4.69, 9.17) is 11.6 Å². The van der Waals surface area contributed by atoms with Gasteiger partial charge in [0.1, 0.15) is 5.82 Å². The highest BCUT2D eigenvalue weighted by Crippen LogP contribution is 2.21. The lowest BCUT2D eigenvalue weighted by molar-refractivity contribution is 0.127. The first-order valence-corrected chi connectivity index (χ1v) is 5.95. The number of imidazole rings is 1. The van der Waals surface area contributed by atoms with Gasteiger partial charge in [0, 0.05) is 12.3 Å². The minimum absolute atomic E-state index is 0.326. The van der Waals surface area contributed by atoms with Crippen molar-refractivity contribution in [3.63, 3.8) is 0 Å². The zero-order chi connectivity index (χ0) is 12.4. The Bertz CT molecular complexity index is 522. The summed E-state index contributed by atoms with van der Waals surface area (Å²) in [4.78, 5) is 4.36. The Balaban J connectivity index is 2.60. The lowest BCUT2D eigenvalue weighted by Gasteiger charge is -2.08. The van der Waals surface area contributed by atoms with Gasteiger partial charge in [-0.25, -0.2) is 13.8 Å². The van der Waals surface area contributed by atoms with Crippen LogP contribution in [-0.4, -0.2) is 21.9 Å². The predicted molar refractivity (Wildman–Crippen MR) is 64.9 cm³/mol. The highest BCUT2D eigenvalue weighted by atomic mass is 35.5. The fourth-order valence-corrected chi connectivity index (χ4v) is 2.19. The van der Waals surface area contributed by atoms with E-state index < -0.39 is 6.43 Å². The van der Waals surface area contributed by atoms with Crippen LogP contribution in [0.15, 0.2) is 18.2 Å². The number of nitrogens with zero attached hydrogens (tertiary/aromatic N) is 2. The average Bonchev–Trinajstić information content (AvgIpc) is 2.58. The molecule has 0 amide bonds. The largest absolute Gasteiger partial charge is 0.322 e. The van der Waals surface area contributed by atoms with Crippen molar-refractivity contribution >= 4 is 22.6 Å². The van der Waals surface area contributed by atoms with Gasteiger partial charge in [-0.15, -0.1) is 11.6 Å². The summed E-state index contributed by atoms with van der Waals surface area (Å²) >= 11 is 5.67. The Labute approximate surface area is 103 Å². The van der Waals surface area contributed by atoms with E-state index in [2.05, 4.69) is 4.98 Å². The molecular weight excluding hydrogens is 246 g/mol. The van der Waals surface area contributed by atoms with Gasteiger partial charge >= 0.3 is 0 Å². The second kappa shape index (κ2) is 5.00. The van der Waals surface area contributed by atoms with Crippen molar-refractivity contribution < 1.29 is 8.78 Å². The number of hydrogen-bond donors (Lipinski definition) is 0. The van der Waals surface area contributed by atoms with E-state index in [1.807, 2.05) is 25.1 Å². The molecule has 1 aromatic heterocycles. The molecule has 17 heavy (non-hydrogen) atoms. The molecule has 2 rings (SSSR count). The number of alkyl halides is 3. The molecule has 0 saturated heterocycles. The maximum atomic E-state index is 12.6. The fraction of sp³-hybridized carbons (Fsp3) is 0.417. The van der Waals surface area contributed by atoms with Gasteiger partial charge in [-0.3, -0.25) is 0 Å². The number of hydrogen-bond acceptors (Lipinski definition) is 1. The van der Waals surface area contributed by atoms with Crippen LogP contribution in [0, 0.1) is 6.92 Å². The zero-order valence-electron chi connectivity index (χ0n) is 9.46. The monoisotopic (exact) mass is 258 g/mol. The Morgan fingerprint density at radius 2 is 2.18 bits per heavy atom. The fourth-order valence-electron chi connectivity index (χ4n) is 2.02. The van der Waals surface area contributed by atoms with Crippen LogP contribution in [0.4, 0.5) is 8.78 Å². The van der Waals surface area contributed by atoms with E-state index >= 15 is 0 Å². The van der Waals surface area contributed by atoms with Gasteiger partial charge in [0.15, 0.2) is 0 Å².